The number of carboxylic acid groups (broad SMARTS) is 1. The van der Waals surface area contributed by atoms with Gasteiger partial charge in [0.25, 0.3) is 0 Å². The molecular weight excluding hydrogens is 198 g/mol. The van der Waals surface area contributed by atoms with Crippen molar-refractivity contribution in [3.05, 3.63) is 29.8 Å². The molecule has 0 aliphatic carbocycles. The Morgan fingerprint density at radius 2 is 2.07 bits per heavy atom. The van der Waals surface area contributed by atoms with E-state index in [4.69, 9.17) is 0 Å². The van der Waals surface area contributed by atoms with E-state index in [0.29, 0.717) is 5.69 Å². The summed E-state index contributed by atoms with van der Waals surface area (Å²) in [6.45, 7) is -0.0825. The van der Waals surface area contributed by atoms with Crippen LogP contribution < -0.4 is 10.4 Å². The number of anilines is 1. The normalized spacial score (nSPS) is 9.40. The number of hydrogen-bond donors (Lipinski definition) is 1. The SMILES string of the molecule is COC(=O)CNc1ccccc1C(=O)[O-]. The van der Waals surface area contributed by atoms with E-state index >= 15 is 0 Å². The molecule has 1 aromatic rings. The van der Waals surface area contributed by atoms with Gasteiger partial charge >= 0.3 is 5.97 Å². The standard InChI is InChI=1S/C10H11NO4/c1-15-9(12)6-11-8-5-3-2-4-7(8)10(13)14/h2-5,11H,6H2,1H3,(H,13,14)/p-1. The number of ether oxygens (including phenoxy) is 1. The van der Waals surface area contributed by atoms with Crippen LogP contribution in [-0.4, -0.2) is 25.6 Å². The fourth-order valence-corrected chi connectivity index (χ4v) is 1.05. The molecule has 0 aliphatic heterocycles. The summed E-state index contributed by atoms with van der Waals surface area (Å²) >= 11 is 0. The smallest absolute Gasteiger partial charge is 0.325 e. The Labute approximate surface area is 86.7 Å². The predicted molar refractivity (Wildman–Crippen MR) is 51.3 cm³/mol. The highest BCUT2D eigenvalue weighted by molar-refractivity contribution is 5.93. The van der Waals surface area contributed by atoms with E-state index < -0.39 is 11.9 Å². The van der Waals surface area contributed by atoms with Crippen molar-refractivity contribution in [2.24, 2.45) is 0 Å². The minimum absolute atomic E-state index is 0.0152. The average molecular weight is 208 g/mol. The fraction of sp³-hybridized carbons (Fsp3) is 0.200. The Hall–Kier alpha value is -2.04. The first-order chi connectivity index (χ1) is 7.15. The van der Waals surface area contributed by atoms with Crippen molar-refractivity contribution in [1.29, 1.82) is 0 Å². The molecule has 0 fully saturated rings. The van der Waals surface area contributed by atoms with E-state index in [1.807, 2.05) is 0 Å². The molecule has 0 unspecified atom stereocenters. The number of para-hydroxylation sites is 1. The van der Waals surface area contributed by atoms with Crippen LogP contribution in [0.15, 0.2) is 24.3 Å². The molecule has 0 saturated heterocycles. The molecule has 5 nitrogen and oxygen atoms in total. The number of carbonyl (C=O) groups is 2. The third-order valence-corrected chi connectivity index (χ3v) is 1.80. The third kappa shape index (κ3) is 2.98. The van der Waals surface area contributed by atoms with Gasteiger partial charge in [-0.2, -0.15) is 0 Å². The summed E-state index contributed by atoms with van der Waals surface area (Å²) in [6, 6.07) is 6.18. The van der Waals surface area contributed by atoms with Crippen LogP contribution in [0.4, 0.5) is 5.69 Å². The van der Waals surface area contributed by atoms with Crippen LogP contribution in [0.25, 0.3) is 0 Å². The molecule has 1 aromatic carbocycles. The van der Waals surface area contributed by atoms with Gasteiger partial charge in [0.05, 0.1) is 13.1 Å². The molecule has 80 valence electrons. The van der Waals surface area contributed by atoms with Gasteiger partial charge in [0.1, 0.15) is 6.54 Å². The first kappa shape index (κ1) is 11.0. The lowest BCUT2D eigenvalue weighted by molar-refractivity contribution is -0.254. The van der Waals surface area contributed by atoms with E-state index in [1.54, 1.807) is 18.2 Å². The highest BCUT2D eigenvalue weighted by atomic mass is 16.5. The molecule has 0 spiro atoms. The lowest BCUT2D eigenvalue weighted by Gasteiger charge is -2.11. The van der Waals surface area contributed by atoms with Crippen molar-refractivity contribution in [1.82, 2.24) is 0 Å². The maximum Gasteiger partial charge on any atom is 0.325 e. The number of benzene rings is 1. The van der Waals surface area contributed by atoms with Gasteiger partial charge in [-0.25, -0.2) is 0 Å². The van der Waals surface area contributed by atoms with E-state index in [-0.39, 0.29) is 12.1 Å². The molecule has 0 atom stereocenters. The second-order valence-corrected chi connectivity index (χ2v) is 2.76. The van der Waals surface area contributed by atoms with Crippen LogP contribution in [0.3, 0.4) is 0 Å². The van der Waals surface area contributed by atoms with Gasteiger partial charge in [-0.05, 0) is 6.07 Å². The predicted octanol–water partition coefficient (Wildman–Crippen LogP) is -0.365. The van der Waals surface area contributed by atoms with E-state index in [2.05, 4.69) is 10.1 Å². The van der Waals surface area contributed by atoms with Crippen LogP contribution in [0, 0.1) is 0 Å². The Balaban J connectivity index is 2.76. The van der Waals surface area contributed by atoms with E-state index in [1.165, 1.54) is 13.2 Å². The van der Waals surface area contributed by atoms with Gasteiger partial charge < -0.3 is 20.0 Å². The number of methoxy groups -OCH3 is 1. The summed E-state index contributed by atoms with van der Waals surface area (Å²) < 4.78 is 4.41. The number of rotatable bonds is 4. The number of esters is 1. The Kier molecular flexibility index (Phi) is 3.68. The van der Waals surface area contributed by atoms with Crippen molar-refractivity contribution < 1.29 is 19.4 Å². The van der Waals surface area contributed by atoms with Gasteiger partial charge in [0, 0.05) is 11.3 Å². The summed E-state index contributed by atoms with van der Waals surface area (Å²) in [5.41, 5.74) is 0.351. The molecule has 5 heteroatoms. The Morgan fingerprint density at radius 1 is 1.40 bits per heavy atom. The van der Waals surface area contributed by atoms with Crippen LogP contribution in [0.5, 0.6) is 0 Å². The van der Waals surface area contributed by atoms with Gasteiger partial charge in [0.2, 0.25) is 0 Å². The first-order valence-electron chi connectivity index (χ1n) is 4.26. The molecule has 0 bridgehead atoms. The molecule has 0 radical (unpaired) electrons. The molecule has 15 heavy (non-hydrogen) atoms. The van der Waals surface area contributed by atoms with Crippen molar-refractivity contribution in [3.8, 4) is 0 Å². The zero-order valence-electron chi connectivity index (χ0n) is 8.15. The fourth-order valence-electron chi connectivity index (χ4n) is 1.05. The summed E-state index contributed by atoms with van der Waals surface area (Å²) in [4.78, 5) is 21.5. The third-order valence-electron chi connectivity index (χ3n) is 1.80. The summed E-state index contributed by atoms with van der Waals surface area (Å²) in [7, 11) is 1.26. The Bertz CT molecular complexity index is 375. The number of carboxylic acids is 1. The van der Waals surface area contributed by atoms with Crippen LogP contribution in [0.1, 0.15) is 10.4 Å². The topological polar surface area (TPSA) is 78.5 Å². The molecule has 0 aliphatic rings. The molecular formula is C10H10NO4-. The second-order valence-electron chi connectivity index (χ2n) is 2.76. The van der Waals surface area contributed by atoms with Crippen LogP contribution >= 0.6 is 0 Å². The number of carbonyl (C=O) groups excluding carboxylic acids is 2. The molecule has 0 aromatic heterocycles. The monoisotopic (exact) mass is 208 g/mol. The lowest BCUT2D eigenvalue weighted by Crippen LogP contribution is -2.24. The molecule has 1 rings (SSSR count). The van der Waals surface area contributed by atoms with Gasteiger partial charge in [-0.15, -0.1) is 0 Å². The van der Waals surface area contributed by atoms with Gasteiger partial charge in [-0.3, -0.25) is 4.79 Å². The minimum Gasteiger partial charge on any atom is -0.545 e. The zero-order chi connectivity index (χ0) is 11.3. The zero-order valence-corrected chi connectivity index (χ0v) is 8.15. The maximum absolute atomic E-state index is 10.8. The molecule has 0 amide bonds. The largest absolute Gasteiger partial charge is 0.545 e. The highest BCUT2D eigenvalue weighted by Gasteiger charge is 2.04. The molecule has 0 saturated carbocycles. The van der Waals surface area contributed by atoms with Crippen LogP contribution in [-0.2, 0) is 9.53 Å². The summed E-state index contributed by atoms with van der Waals surface area (Å²) in [6.07, 6.45) is 0. The lowest BCUT2D eigenvalue weighted by atomic mass is 10.2. The van der Waals surface area contributed by atoms with Crippen molar-refractivity contribution in [2.45, 2.75) is 0 Å². The second kappa shape index (κ2) is 4.99. The summed E-state index contributed by atoms with van der Waals surface area (Å²) in [5.74, 6) is -1.76. The number of nitrogens with one attached hydrogen (secondary N) is 1. The minimum atomic E-state index is -1.29. The van der Waals surface area contributed by atoms with Crippen molar-refractivity contribution >= 4 is 17.6 Å². The molecule has 0 heterocycles. The number of hydrogen-bond acceptors (Lipinski definition) is 5. The average Bonchev–Trinajstić information content (AvgIpc) is 2.26. The number of aromatic carboxylic acids is 1. The van der Waals surface area contributed by atoms with Crippen LogP contribution in [0.2, 0.25) is 0 Å². The van der Waals surface area contributed by atoms with Crippen molar-refractivity contribution in [2.75, 3.05) is 19.0 Å². The summed E-state index contributed by atoms with van der Waals surface area (Å²) in [5, 5.41) is 13.3. The highest BCUT2D eigenvalue weighted by Crippen LogP contribution is 2.13. The quantitative estimate of drug-likeness (QED) is 0.683. The Morgan fingerprint density at radius 3 is 2.67 bits per heavy atom. The maximum atomic E-state index is 10.8. The van der Waals surface area contributed by atoms with E-state index in [9.17, 15) is 14.7 Å². The van der Waals surface area contributed by atoms with E-state index in [0.717, 1.165) is 0 Å². The first-order valence-corrected chi connectivity index (χ1v) is 4.26. The van der Waals surface area contributed by atoms with Gasteiger partial charge in [0.15, 0.2) is 0 Å². The van der Waals surface area contributed by atoms with Gasteiger partial charge in [-0.1, -0.05) is 18.2 Å². The molecule has 1 N–H and O–H groups in total. The van der Waals surface area contributed by atoms with Crippen molar-refractivity contribution in [3.63, 3.8) is 0 Å².